The molecule has 0 amide bonds. The number of phosphoric acid groups is 1. The molecular weight excluding hydrogens is 725 g/mol. The van der Waals surface area contributed by atoms with Gasteiger partial charge in [0.2, 0.25) is 0 Å². The summed E-state index contributed by atoms with van der Waals surface area (Å²) in [6, 6.07) is 0. The summed E-state index contributed by atoms with van der Waals surface area (Å²) in [6.45, 7) is 4.67. The number of likely N-dealkylation sites (N-methyl/N-ethyl adjacent to an activating group) is 1. The van der Waals surface area contributed by atoms with Gasteiger partial charge in [-0.2, -0.15) is 0 Å². The number of ether oxygens (including phenoxy) is 2. The summed E-state index contributed by atoms with van der Waals surface area (Å²) in [5.41, 5.74) is 0. The average Bonchev–Trinajstić information content (AvgIpc) is 3.14. The molecule has 3 atom stereocenters. The Balaban J connectivity index is 4.50. The Morgan fingerprint density at radius 1 is 0.661 bits per heavy atom. The van der Waals surface area contributed by atoms with Crippen molar-refractivity contribution in [3.8, 4) is 0 Å². The minimum Gasteiger partial charge on any atom is -0.498 e. The molecule has 2 unspecified atom stereocenters. The molecule has 0 saturated carbocycles. The molecule has 0 fully saturated rings. The fourth-order valence-corrected chi connectivity index (χ4v) is 6.44. The number of aliphatic hydroxyl groups is 1. The Labute approximate surface area is 343 Å². The highest BCUT2D eigenvalue weighted by molar-refractivity contribution is 7.47. The maximum Gasteiger partial charge on any atom is 0.472 e. The minimum atomic E-state index is -4.35. The quantitative estimate of drug-likeness (QED) is 0.0120. The lowest BCUT2D eigenvalue weighted by atomic mass is 10.1. The summed E-state index contributed by atoms with van der Waals surface area (Å²) in [4.78, 5) is 22.9. The van der Waals surface area contributed by atoms with Crippen LogP contribution in [0.4, 0.5) is 0 Å². The number of rotatable bonds is 40. The number of hydrogen-bond acceptors (Lipinski definition) is 7. The van der Waals surface area contributed by atoms with E-state index in [-0.39, 0.29) is 26.2 Å². The van der Waals surface area contributed by atoms with Crippen LogP contribution in [0.1, 0.15) is 168 Å². The van der Waals surface area contributed by atoms with Gasteiger partial charge in [0.05, 0.1) is 40.1 Å². The predicted molar refractivity (Wildman–Crippen MR) is 234 cm³/mol. The summed E-state index contributed by atoms with van der Waals surface area (Å²) in [5.74, 6) is -0.493. The lowest BCUT2D eigenvalue weighted by Crippen LogP contribution is -2.37. The van der Waals surface area contributed by atoms with Crippen LogP contribution in [0.25, 0.3) is 0 Å². The predicted octanol–water partition coefficient (Wildman–Crippen LogP) is 12.3. The molecule has 0 aromatic heterocycles. The number of aliphatic hydroxyl groups excluding tert-OH is 1. The number of carbonyl (C=O) groups is 1. The van der Waals surface area contributed by atoms with Crippen LogP contribution in [0.5, 0.6) is 0 Å². The lowest BCUT2D eigenvalue weighted by molar-refractivity contribution is -0.870. The number of phosphoric ester groups is 1. The van der Waals surface area contributed by atoms with Crippen LogP contribution in [0.2, 0.25) is 0 Å². The molecule has 326 valence electrons. The number of carbonyl (C=O) groups excluding carboxylic acids is 1. The Kier molecular flexibility index (Phi) is 37.1. The van der Waals surface area contributed by atoms with E-state index in [2.05, 4.69) is 44.2 Å². The topological polar surface area (TPSA) is 112 Å². The van der Waals surface area contributed by atoms with E-state index in [4.69, 9.17) is 18.5 Å². The first-order valence-corrected chi connectivity index (χ1v) is 23.7. The number of hydrogen-bond donors (Lipinski definition) is 2. The molecule has 0 aliphatic carbocycles. The second-order valence-corrected chi connectivity index (χ2v) is 17.4. The first kappa shape index (κ1) is 54.0. The zero-order chi connectivity index (χ0) is 41.4. The van der Waals surface area contributed by atoms with Gasteiger partial charge in [0.25, 0.3) is 0 Å². The highest BCUT2D eigenvalue weighted by atomic mass is 31.2. The van der Waals surface area contributed by atoms with Crippen molar-refractivity contribution in [2.45, 2.75) is 180 Å². The Morgan fingerprint density at radius 2 is 1.20 bits per heavy atom. The van der Waals surface area contributed by atoms with Crippen molar-refractivity contribution in [1.82, 2.24) is 0 Å². The normalized spacial score (nSPS) is 14.8. The number of nitrogens with zero attached hydrogens (tertiary/aromatic N) is 1. The van der Waals surface area contributed by atoms with Crippen molar-refractivity contribution in [1.29, 1.82) is 0 Å². The summed E-state index contributed by atoms with van der Waals surface area (Å²) in [7, 11) is 1.51. The molecule has 9 nitrogen and oxygen atoms in total. The Morgan fingerprint density at radius 3 is 1.79 bits per heavy atom. The standard InChI is InChI=1S/C46H84NO8P/c1-6-8-10-12-14-16-18-20-21-22-24-26-28-30-32-34-40-52-42-45(43-54-56(50,51)53-41-39-47(3,4)5)55-46(49)38-35-37-44(48)36-33-31-29-27-25-23-19-17-15-13-11-9-7-2/h16,18,23,25,29,31,33-34,36,40,44-45,48H,6-15,17,19-22,24,26-28,30,32,35,37-39,41-43H2,1-5H3/p+1/b18-16-,25-23+,31-29+,36-33+,40-34+/t44?,45-/m1/s1. The third-order valence-electron chi connectivity index (χ3n) is 9.22. The average molecular weight is 811 g/mol. The number of allylic oxidation sites excluding steroid dienone is 8. The van der Waals surface area contributed by atoms with E-state index in [1.165, 1.54) is 109 Å². The smallest absolute Gasteiger partial charge is 0.472 e. The van der Waals surface area contributed by atoms with Gasteiger partial charge in [0.15, 0.2) is 6.10 Å². The molecule has 0 aromatic rings. The Bertz CT molecular complexity index is 1100. The van der Waals surface area contributed by atoms with Crippen molar-refractivity contribution in [2.24, 2.45) is 0 Å². The molecule has 56 heavy (non-hydrogen) atoms. The minimum absolute atomic E-state index is 0.0275. The van der Waals surface area contributed by atoms with Gasteiger partial charge in [-0.25, -0.2) is 4.57 Å². The zero-order valence-electron chi connectivity index (χ0n) is 36.5. The molecule has 0 aliphatic rings. The molecule has 2 N–H and O–H groups in total. The molecule has 10 heteroatoms. The number of unbranched alkanes of at least 4 members (excludes halogenated alkanes) is 17. The van der Waals surface area contributed by atoms with E-state index in [1.807, 2.05) is 39.4 Å². The van der Waals surface area contributed by atoms with Crippen molar-refractivity contribution < 1.29 is 42.4 Å². The van der Waals surface area contributed by atoms with E-state index < -0.39 is 26.0 Å². The van der Waals surface area contributed by atoms with Crippen LogP contribution >= 0.6 is 7.82 Å². The van der Waals surface area contributed by atoms with Gasteiger partial charge in [-0.1, -0.05) is 140 Å². The van der Waals surface area contributed by atoms with Crippen molar-refractivity contribution >= 4 is 13.8 Å². The molecule has 0 saturated heterocycles. The van der Waals surface area contributed by atoms with Gasteiger partial charge in [0, 0.05) is 6.42 Å². The van der Waals surface area contributed by atoms with Gasteiger partial charge in [-0.3, -0.25) is 13.8 Å². The van der Waals surface area contributed by atoms with Crippen LogP contribution in [0, 0.1) is 0 Å². The van der Waals surface area contributed by atoms with E-state index in [1.54, 1.807) is 12.3 Å². The monoisotopic (exact) mass is 811 g/mol. The molecule has 0 rings (SSSR count). The molecule has 0 heterocycles. The van der Waals surface area contributed by atoms with E-state index >= 15 is 0 Å². The first-order valence-electron chi connectivity index (χ1n) is 22.2. The van der Waals surface area contributed by atoms with E-state index in [0.29, 0.717) is 23.9 Å². The third-order valence-corrected chi connectivity index (χ3v) is 10.2. The van der Waals surface area contributed by atoms with Gasteiger partial charge >= 0.3 is 13.8 Å². The van der Waals surface area contributed by atoms with Gasteiger partial charge in [0.1, 0.15) is 19.8 Å². The summed E-state index contributed by atoms with van der Waals surface area (Å²) < 4.78 is 34.6. The second kappa shape index (κ2) is 38.5. The zero-order valence-corrected chi connectivity index (χ0v) is 37.4. The van der Waals surface area contributed by atoms with Gasteiger partial charge < -0.3 is 24.0 Å². The molecule has 0 aliphatic heterocycles. The van der Waals surface area contributed by atoms with Crippen molar-refractivity contribution in [2.75, 3.05) is 47.5 Å². The number of quaternary nitrogens is 1. The second-order valence-electron chi connectivity index (χ2n) is 16.0. The van der Waals surface area contributed by atoms with Crippen LogP contribution in [0.15, 0.2) is 60.9 Å². The van der Waals surface area contributed by atoms with Crippen LogP contribution in [-0.2, 0) is 27.9 Å². The fourth-order valence-electron chi connectivity index (χ4n) is 5.70. The van der Waals surface area contributed by atoms with Crippen LogP contribution in [-0.4, -0.2) is 80.2 Å². The molecular formula is C46H85NO8P+. The van der Waals surface area contributed by atoms with E-state index in [9.17, 15) is 19.4 Å². The van der Waals surface area contributed by atoms with Crippen LogP contribution < -0.4 is 0 Å². The largest absolute Gasteiger partial charge is 0.498 e. The van der Waals surface area contributed by atoms with Gasteiger partial charge in [-0.15, -0.1) is 0 Å². The molecule has 0 aromatic carbocycles. The Hall–Kier alpha value is -2.00. The van der Waals surface area contributed by atoms with Crippen molar-refractivity contribution in [3.05, 3.63) is 60.9 Å². The maximum atomic E-state index is 12.7. The summed E-state index contributed by atoms with van der Waals surface area (Å²) in [6.07, 6.45) is 45.2. The lowest BCUT2D eigenvalue weighted by Gasteiger charge is -2.24. The van der Waals surface area contributed by atoms with E-state index in [0.717, 1.165) is 25.7 Å². The molecule has 0 spiro atoms. The maximum absolute atomic E-state index is 12.7. The SMILES string of the molecule is CCCCCC/C=C\CCCCCCCC/C=C/OC[C@H](COP(=O)(O)OCC[N+](C)(C)C)OC(=O)CCCC(O)/C=C/C=C/C/C=C/CCCCCCCC. The highest BCUT2D eigenvalue weighted by Crippen LogP contribution is 2.43. The van der Waals surface area contributed by atoms with Crippen LogP contribution in [0.3, 0.4) is 0 Å². The third kappa shape index (κ3) is 41.6. The fraction of sp³-hybridized carbons (Fsp3) is 0.761. The molecule has 0 radical (unpaired) electrons. The highest BCUT2D eigenvalue weighted by Gasteiger charge is 2.26. The molecule has 0 bridgehead atoms. The number of esters is 1. The summed E-state index contributed by atoms with van der Waals surface area (Å²) >= 11 is 0. The summed E-state index contributed by atoms with van der Waals surface area (Å²) in [5, 5.41) is 10.3. The van der Waals surface area contributed by atoms with Gasteiger partial charge in [-0.05, 0) is 76.7 Å². The van der Waals surface area contributed by atoms with Crippen molar-refractivity contribution in [3.63, 3.8) is 0 Å². The first-order chi connectivity index (χ1) is 27.0.